The minimum Gasteiger partial charge on any atom is -0.306 e. The van der Waals surface area contributed by atoms with Gasteiger partial charge >= 0.3 is 7.60 Å². The van der Waals surface area contributed by atoms with Crippen LogP contribution in [0.3, 0.4) is 0 Å². The molecule has 0 radical (unpaired) electrons. The predicted octanol–water partition coefficient (Wildman–Crippen LogP) is 4.38. The van der Waals surface area contributed by atoms with Crippen LogP contribution in [0.15, 0.2) is 23.3 Å². The molecular formula is C11H17O3PS. The molecule has 0 fully saturated rings. The van der Waals surface area contributed by atoms with Crippen molar-refractivity contribution in [3.63, 3.8) is 0 Å². The lowest BCUT2D eigenvalue weighted by molar-refractivity contribution is 0.229. The molecule has 5 heteroatoms. The lowest BCUT2D eigenvalue weighted by Crippen LogP contribution is -1.93. The molecule has 0 saturated carbocycles. The SMILES string of the molecule is CCOP(=O)(/C=C(\C)c1cccs1)OCC. The zero-order valence-corrected chi connectivity index (χ0v) is 11.5. The summed E-state index contributed by atoms with van der Waals surface area (Å²) >= 11 is 1.61. The monoisotopic (exact) mass is 260 g/mol. The van der Waals surface area contributed by atoms with Crippen LogP contribution in [-0.2, 0) is 13.6 Å². The first-order valence-electron chi connectivity index (χ1n) is 5.23. The molecule has 0 amide bonds. The Hall–Kier alpha value is -0.410. The molecule has 16 heavy (non-hydrogen) atoms. The number of hydrogen-bond acceptors (Lipinski definition) is 4. The van der Waals surface area contributed by atoms with Gasteiger partial charge in [0.1, 0.15) is 0 Å². The number of rotatable bonds is 6. The summed E-state index contributed by atoms with van der Waals surface area (Å²) in [5.41, 5.74) is 0.931. The summed E-state index contributed by atoms with van der Waals surface area (Å²) in [7, 11) is -3.07. The molecule has 0 atom stereocenters. The van der Waals surface area contributed by atoms with Crippen LogP contribution in [0.2, 0.25) is 0 Å². The van der Waals surface area contributed by atoms with E-state index in [4.69, 9.17) is 9.05 Å². The van der Waals surface area contributed by atoms with Crippen molar-refractivity contribution in [2.45, 2.75) is 20.8 Å². The van der Waals surface area contributed by atoms with Gasteiger partial charge in [0, 0.05) is 10.7 Å². The zero-order chi connectivity index (χ0) is 12.0. The van der Waals surface area contributed by atoms with Crippen molar-refractivity contribution in [2.24, 2.45) is 0 Å². The Labute approximate surface area is 101 Å². The first-order chi connectivity index (χ1) is 7.61. The summed E-state index contributed by atoms with van der Waals surface area (Å²) in [6.45, 7) is 6.29. The molecule has 0 aromatic carbocycles. The highest BCUT2D eigenvalue weighted by molar-refractivity contribution is 7.57. The fourth-order valence-corrected chi connectivity index (χ4v) is 3.63. The Morgan fingerprint density at radius 2 is 2.06 bits per heavy atom. The average molecular weight is 260 g/mol. The maximum Gasteiger partial charge on any atom is 0.354 e. The van der Waals surface area contributed by atoms with Crippen molar-refractivity contribution in [1.29, 1.82) is 0 Å². The van der Waals surface area contributed by atoms with Gasteiger partial charge in [0.25, 0.3) is 0 Å². The molecule has 0 unspecified atom stereocenters. The molecule has 3 nitrogen and oxygen atoms in total. The van der Waals surface area contributed by atoms with E-state index < -0.39 is 7.60 Å². The summed E-state index contributed by atoms with van der Waals surface area (Å²) in [6, 6.07) is 3.95. The quantitative estimate of drug-likeness (QED) is 0.712. The first-order valence-corrected chi connectivity index (χ1v) is 7.72. The Balaban J connectivity index is 2.89. The predicted molar refractivity (Wildman–Crippen MR) is 68.8 cm³/mol. The first kappa shape index (κ1) is 13.7. The van der Waals surface area contributed by atoms with Crippen LogP contribution >= 0.6 is 18.9 Å². The van der Waals surface area contributed by atoms with Gasteiger partial charge in [-0.25, -0.2) is 0 Å². The fraction of sp³-hybridized carbons (Fsp3) is 0.455. The van der Waals surface area contributed by atoms with Crippen LogP contribution in [-0.4, -0.2) is 13.2 Å². The smallest absolute Gasteiger partial charge is 0.306 e. The van der Waals surface area contributed by atoms with E-state index >= 15 is 0 Å². The second-order valence-corrected chi connectivity index (χ2v) is 5.97. The molecule has 0 spiro atoms. The maximum absolute atomic E-state index is 12.2. The molecule has 0 aliphatic carbocycles. The molecule has 0 aliphatic rings. The fourth-order valence-electron chi connectivity index (χ4n) is 1.28. The molecule has 0 saturated heterocycles. The average Bonchev–Trinajstić information content (AvgIpc) is 2.70. The van der Waals surface area contributed by atoms with E-state index in [1.807, 2.05) is 24.4 Å². The van der Waals surface area contributed by atoms with Gasteiger partial charge in [-0.15, -0.1) is 11.3 Å². The normalized spacial score (nSPS) is 13.1. The second-order valence-electron chi connectivity index (χ2n) is 3.16. The molecule has 1 rings (SSSR count). The van der Waals surface area contributed by atoms with Gasteiger partial charge in [0.05, 0.1) is 13.2 Å². The molecule has 90 valence electrons. The third kappa shape index (κ3) is 3.87. The van der Waals surface area contributed by atoms with Gasteiger partial charge in [0.15, 0.2) is 0 Å². The highest BCUT2D eigenvalue weighted by Crippen LogP contribution is 2.51. The summed E-state index contributed by atoms with van der Waals surface area (Å²) in [5, 5.41) is 1.99. The molecule has 1 aromatic rings. The van der Waals surface area contributed by atoms with Crippen LogP contribution in [0.5, 0.6) is 0 Å². The third-order valence-electron chi connectivity index (χ3n) is 1.88. The van der Waals surface area contributed by atoms with E-state index in [1.54, 1.807) is 31.0 Å². The Morgan fingerprint density at radius 3 is 2.50 bits per heavy atom. The highest BCUT2D eigenvalue weighted by Gasteiger charge is 2.20. The molecule has 0 aliphatic heterocycles. The lowest BCUT2D eigenvalue weighted by atomic mass is 10.3. The van der Waals surface area contributed by atoms with Crippen molar-refractivity contribution in [1.82, 2.24) is 0 Å². The summed E-state index contributed by atoms with van der Waals surface area (Å²) in [5.74, 6) is 1.60. The van der Waals surface area contributed by atoms with Gasteiger partial charge in [-0.2, -0.15) is 0 Å². The van der Waals surface area contributed by atoms with Gasteiger partial charge in [-0.05, 0) is 37.8 Å². The van der Waals surface area contributed by atoms with Crippen LogP contribution in [0, 0.1) is 0 Å². The van der Waals surface area contributed by atoms with Crippen molar-refractivity contribution in [3.8, 4) is 0 Å². The number of thiophene rings is 1. The van der Waals surface area contributed by atoms with Gasteiger partial charge in [0.2, 0.25) is 0 Å². The van der Waals surface area contributed by atoms with Crippen molar-refractivity contribution < 1.29 is 13.6 Å². The van der Waals surface area contributed by atoms with E-state index in [1.165, 1.54) is 0 Å². The summed E-state index contributed by atoms with van der Waals surface area (Å²) in [6.07, 6.45) is 0. The Morgan fingerprint density at radius 1 is 1.44 bits per heavy atom. The van der Waals surface area contributed by atoms with Crippen molar-refractivity contribution >= 4 is 24.5 Å². The largest absolute Gasteiger partial charge is 0.354 e. The van der Waals surface area contributed by atoms with E-state index in [2.05, 4.69) is 0 Å². The van der Waals surface area contributed by atoms with Gasteiger partial charge in [-0.1, -0.05) is 6.07 Å². The summed E-state index contributed by atoms with van der Waals surface area (Å²) < 4.78 is 22.6. The maximum atomic E-state index is 12.2. The van der Waals surface area contributed by atoms with Crippen LogP contribution in [0.4, 0.5) is 0 Å². The standard InChI is InChI=1S/C11H17O3PS/c1-4-13-15(12,14-5-2)9-10(3)11-7-6-8-16-11/h6-9H,4-5H2,1-3H3/b10-9+. The van der Waals surface area contributed by atoms with Gasteiger partial charge in [-0.3, -0.25) is 4.57 Å². The number of allylic oxidation sites excluding steroid dienone is 1. The van der Waals surface area contributed by atoms with E-state index in [-0.39, 0.29) is 0 Å². The molecular weight excluding hydrogens is 243 g/mol. The highest BCUT2D eigenvalue weighted by atomic mass is 32.1. The lowest BCUT2D eigenvalue weighted by Gasteiger charge is -2.13. The van der Waals surface area contributed by atoms with E-state index in [0.29, 0.717) is 13.2 Å². The molecule has 1 aromatic heterocycles. The second kappa shape index (κ2) is 6.36. The van der Waals surface area contributed by atoms with E-state index in [9.17, 15) is 4.57 Å². The Kier molecular flexibility index (Phi) is 5.42. The van der Waals surface area contributed by atoms with Crippen LogP contribution < -0.4 is 0 Å². The topological polar surface area (TPSA) is 35.5 Å². The van der Waals surface area contributed by atoms with E-state index in [0.717, 1.165) is 10.5 Å². The van der Waals surface area contributed by atoms with Crippen molar-refractivity contribution in [2.75, 3.05) is 13.2 Å². The summed E-state index contributed by atoms with van der Waals surface area (Å²) in [4.78, 5) is 1.08. The minimum absolute atomic E-state index is 0.380. The molecule has 0 N–H and O–H groups in total. The third-order valence-corrected chi connectivity index (χ3v) is 4.82. The number of hydrogen-bond donors (Lipinski definition) is 0. The Bertz CT molecular complexity index is 374. The van der Waals surface area contributed by atoms with Crippen LogP contribution in [0.25, 0.3) is 5.57 Å². The molecule has 0 bridgehead atoms. The molecule has 1 heterocycles. The van der Waals surface area contributed by atoms with Gasteiger partial charge < -0.3 is 9.05 Å². The minimum atomic E-state index is -3.07. The van der Waals surface area contributed by atoms with Crippen molar-refractivity contribution in [3.05, 3.63) is 28.2 Å². The zero-order valence-electron chi connectivity index (χ0n) is 9.80. The van der Waals surface area contributed by atoms with Crippen LogP contribution in [0.1, 0.15) is 25.6 Å².